The fourth-order valence-electron chi connectivity index (χ4n) is 1.24. The Morgan fingerprint density at radius 1 is 1.35 bits per heavy atom. The molecule has 2 N–H and O–H groups in total. The van der Waals surface area contributed by atoms with Crippen molar-refractivity contribution in [1.29, 1.82) is 0 Å². The van der Waals surface area contributed by atoms with Gasteiger partial charge >= 0.3 is 0 Å². The Morgan fingerprint density at radius 2 is 2.00 bits per heavy atom. The fraction of sp³-hybridized carbons (Fsp3) is 0.333. The van der Waals surface area contributed by atoms with Gasteiger partial charge in [-0.15, -0.1) is 0 Å². The first-order valence-electron chi connectivity index (χ1n) is 5.29. The molecule has 5 heteroatoms. The molecule has 0 bridgehead atoms. The highest BCUT2D eigenvalue weighted by atomic mass is 32.2. The lowest BCUT2D eigenvalue weighted by Crippen LogP contribution is -2.18. The van der Waals surface area contributed by atoms with Crippen molar-refractivity contribution in [3.8, 4) is 0 Å². The molecule has 1 atom stereocenters. The lowest BCUT2D eigenvalue weighted by Gasteiger charge is -2.04. The van der Waals surface area contributed by atoms with Crippen LogP contribution >= 0.6 is 11.8 Å². The molecule has 94 valence electrons. The summed E-state index contributed by atoms with van der Waals surface area (Å²) in [6.07, 6.45) is 4.33. The van der Waals surface area contributed by atoms with Crippen LogP contribution in [0, 0.1) is 0 Å². The molecule has 0 fully saturated rings. The maximum Gasteiger partial charge on any atom is 0.199 e. The summed E-state index contributed by atoms with van der Waals surface area (Å²) in [6, 6.07) is 8.14. The molecule has 0 spiro atoms. The van der Waals surface area contributed by atoms with Crippen LogP contribution in [0.25, 0.3) is 0 Å². The van der Waals surface area contributed by atoms with E-state index in [0.29, 0.717) is 4.90 Å². The van der Waals surface area contributed by atoms with Crippen LogP contribution in [0.3, 0.4) is 0 Å². The predicted octanol–water partition coefficient (Wildman–Crippen LogP) is 2.05. The number of rotatable bonds is 6. The predicted molar refractivity (Wildman–Crippen MR) is 73.7 cm³/mol. The van der Waals surface area contributed by atoms with Crippen LogP contribution in [0.15, 0.2) is 46.7 Å². The first-order valence-corrected chi connectivity index (χ1v) is 8.23. The van der Waals surface area contributed by atoms with Gasteiger partial charge in [0.25, 0.3) is 0 Å². The molecule has 1 aromatic rings. The van der Waals surface area contributed by atoms with E-state index in [0.717, 1.165) is 12.2 Å². The van der Waals surface area contributed by atoms with Crippen molar-refractivity contribution in [2.24, 2.45) is 5.73 Å². The Hall–Kier alpha value is -0.780. The van der Waals surface area contributed by atoms with Crippen molar-refractivity contribution in [2.75, 3.05) is 12.0 Å². The van der Waals surface area contributed by atoms with Crippen LogP contribution in [-0.2, 0) is 9.84 Å². The van der Waals surface area contributed by atoms with E-state index in [1.165, 1.54) is 5.41 Å². The first-order chi connectivity index (χ1) is 8.06. The SMILES string of the molecule is CSCC[C@H](N)/C=C/S(=O)(=O)c1ccccc1. The van der Waals surface area contributed by atoms with E-state index in [1.54, 1.807) is 48.2 Å². The Labute approximate surface area is 107 Å². The third-order valence-electron chi connectivity index (χ3n) is 2.23. The quantitative estimate of drug-likeness (QED) is 0.860. The van der Waals surface area contributed by atoms with E-state index < -0.39 is 9.84 Å². The van der Waals surface area contributed by atoms with Gasteiger partial charge in [0.05, 0.1) is 4.90 Å². The summed E-state index contributed by atoms with van der Waals surface area (Å²) in [5.74, 6) is 0.927. The van der Waals surface area contributed by atoms with E-state index >= 15 is 0 Å². The van der Waals surface area contributed by atoms with E-state index in [9.17, 15) is 8.42 Å². The summed E-state index contributed by atoms with van der Waals surface area (Å²) >= 11 is 1.70. The number of hydrogen-bond acceptors (Lipinski definition) is 4. The van der Waals surface area contributed by atoms with Crippen molar-refractivity contribution in [2.45, 2.75) is 17.4 Å². The summed E-state index contributed by atoms with van der Waals surface area (Å²) < 4.78 is 23.7. The number of thioether (sulfide) groups is 1. The molecule has 0 aromatic heterocycles. The fourth-order valence-corrected chi connectivity index (χ4v) is 2.85. The van der Waals surface area contributed by atoms with Gasteiger partial charge in [0.15, 0.2) is 9.84 Å². The topological polar surface area (TPSA) is 60.2 Å². The molecule has 1 aromatic carbocycles. The minimum absolute atomic E-state index is 0.207. The van der Waals surface area contributed by atoms with Crippen molar-refractivity contribution in [3.63, 3.8) is 0 Å². The second-order valence-electron chi connectivity index (χ2n) is 3.63. The lowest BCUT2D eigenvalue weighted by atomic mass is 10.2. The van der Waals surface area contributed by atoms with Gasteiger partial charge in [-0.1, -0.05) is 24.3 Å². The normalized spacial score (nSPS) is 14.0. The van der Waals surface area contributed by atoms with Gasteiger partial charge in [-0.2, -0.15) is 11.8 Å². The highest BCUT2D eigenvalue weighted by Gasteiger charge is 2.09. The zero-order valence-electron chi connectivity index (χ0n) is 9.74. The van der Waals surface area contributed by atoms with Crippen LogP contribution < -0.4 is 5.73 Å². The molecule has 0 aliphatic carbocycles. The summed E-state index contributed by atoms with van der Waals surface area (Å²) in [7, 11) is -3.35. The summed E-state index contributed by atoms with van der Waals surface area (Å²) in [5, 5.41) is 1.20. The summed E-state index contributed by atoms with van der Waals surface area (Å²) in [6.45, 7) is 0. The number of hydrogen-bond donors (Lipinski definition) is 1. The molecule has 1 rings (SSSR count). The van der Waals surface area contributed by atoms with Gasteiger partial charge in [-0.05, 0) is 30.6 Å². The van der Waals surface area contributed by atoms with Crippen LogP contribution in [0.4, 0.5) is 0 Å². The van der Waals surface area contributed by atoms with Gasteiger partial charge in [-0.25, -0.2) is 8.42 Å². The van der Waals surface area contributed by atoms with E-state index in [-0.39, 0.29) is 6.04 Å². The van der Waals surface area contributed by atoms with Crippen LogP contribution in [0.5, 0.6) is 0 Å². The Balaban J connectivity index is 2.71. The maximum absolute atomic E-state index is 11.9. The smallest absolute Gasteiger partial charge is 0.199 e. The summed E-state index contributed by atoms with van der Waals surface area (Å²) in [4.78, 5) is 0.299. The summed E-state index contributed by atoms with van der Waals surface area (Å²) in [5.41, 5.74) is 5.78. The monoisotopic (exact) mass is 271 g/mol. The molecule has 3 nitrogen and oxygen atoms in total. The second-order valence-corrected chi connectivity index (χ2v) is 6.45. The average Bonchev–Trinajstić information content (AvgIpc) is 2.35. The van der Waals surface area contributed by atoms with Crippen molar-refractivity contribution >= 4 is 21.6 Å². The molecule has 0 saturated carbocycles. The molecular formula is C12H17NO2S2. The van der Waals surface area contributed by atoms with Crippen molar-refractivity contribution < 1.29 is 8.42 Å². The number of benzene rings is 1. The minimum Gasteiger partial charge on any atom is -0.324 e. The number of sulfone groups is 1. The lowest BCUT2D eigenvalue weighted by molar-refractivity contribution is 0.604. The third-order valence-corrected chi connectivity index (χ3v) is 4.32. The standard InChI is InChI=1S/C12H17NO2S2/c1-16-9-7-11(13)8-10-17(14,15)12-5-3-2-4-6-12/h2-6,8,10-11H,7,9,13H2,1H3/b10-8+/t11-/m0/s1. The molecule has 0 aliphatic heterocycles. The average molecular weight is 271 g/mol. The molecule has 0 unspecified atom stereocenters. The third kappa shape index (κ3) is 4.93. The first kappa shape index (κ1) is 14.3. The van der Waals surface area contributed by atoms with Crippen LogP contribution in [-0.4, -0.2) is 26.5 Å². The van der Waals surface area contributed by atoms with Gasteiger partial charge < -0.3 is 5.73 Å². The van der Waals surface area contributed by atoms with Gasteiger partial charge in [-0.3, -0.25) is 0 Å². The van der Waals surface area contributed by atoms with E-state index in [1.807, 2.05) is 6.26 Å². The molecule has 0 aliphatic rings. The number of nitrogens with two attached hydrogens (primary N) is 1. The molecule has 0 amide bonds. The molecular weight excluding hydrogens is 254 g/mol. The Bertz CT molecular complexity index is 455. The minimum atomic E-state index is -3.35. The maximum atomic E-state index is 11.9. The van der Waals surface area contributed by atoms with Crippen molar-refractivity contribution in [1.82, 2.24) is 0 Å². The highest BCUT2D eigenvalue weighted by molar-refractivity contribution is 7.98. The van der Waals surface area contributed by atoms with Crippen LogP contribution in [0.1, 0.15) is 6.42 Å². The van der Waals surface area contributed by atoms with Gasteiger partial charge in [0.1, 0.15) is 0 Å². The molecule has 0 heterocycles. The molecule has 17 heavy (non-hydrogen) atoms. The zero-order chi connectivity index (χ0) is 12.7. The molecule has 0 saturated heterocycles. The zero-order valence-corrected chi connectivity index (χ0v) is 11.4. The Morgan fingerprint density at radius 3 is 2.59 bits per heavy atom. The van der Waals surface area contributed by atoms with Crippen molar-refractivity contribution in [3.05, 3.63) is 41.8 Å². The van der Waals surface area contributed by atoms with Gasteiger partial charge in [0.2, 0.25) is 0 Å². The largest absolute Gasteiger partial charge is 0.324 e. The highest BCUT2D eigenvalue weighted by Crippen LogP contribution is 2.11. The van der Waals surface area contributed by atoms with Gasteiger partial charge in [0, 0.05) is 11.4 Å². The van der Waals surface area contributed by atoms with E-state index in [2.05, 4.69) is 0 Å². The molecule has 0 radical (unpaired) electrons. The second kappa shape index (κ2) is 6.83. The van der Waals surface area contributed by atoms with E-state index in [4.69, 9.17) is 5.73 Å². The van der Waals surface area contributed by atoms with Crippen LogP contribution in [0.2, 0.25) is 0 Å². The Kier molecular flexibility index (Phi) is 5.74.